The standard InChI is InChI=1S/C43H29N3/c1-3-14-28(15-4-1)41-44-42(29-16-5-2-6-17-29)46-43(45-41)31-19-13-18-30(26-31)38-27-39-34-22-8-7-20-32(34)33-21-9-11-24-36(33)40(39)37-25-12-10-23-35(37)38/h1-27,41H,(H,44,45,46). The minimum Gasteiger partial charge on any atom is -0.344 e. The zero-order valence-corrected chi connectivity index (χ0v) is 25.1. The van der Waals surface area contributed by atoms with Gasteiger partial charge in [-0.2, -0.15) is 0 Å². The van der Waals surface area contributed by atoms with Crippen LogP contribution in [0.15, 0.2) is 174 Å². The number of hydrogen-bond acceptors (Lipinski definition) is 3. The maximum absolute atomic E-state index is 5.08. The minimum absolute atomic E-state index is 0.242. The lowest BCUT2D eigenvalue weighted by molar-refractivity contribution is 0.674. The van der Waals surface area contributed by atoms with Gasteiger partial charge in [-0.05, 0) is 71.9 Å². The van der Waals surface area contributed by atoms with Crippen molar-refractivity contribution < 1.29 is 0 Å². The normalized spacial score (nSPS) is 14.7. The molecule has 3 nitrogen and oxygen atoms in total. The van der Waals surface area contributed by atoms with Crippen LogP contribution in [0.3, 0.4) is 0 Å². The average Bonchev–Trinajstić information content (AvgIpc) is 3.15. The number of aliphatic imine (C=N–C) groups is 2. The highest BCUT2D eigenvalue weighted by atomic mass is 15.2. The van der Waals surface area contributed by atoms with E-state index in [0.29, 0.717) is 0 Å². The lowest BCUT2D eigenvalue weighted by Gasteiger charge is -2.24. The first-order chi connectivity index (χ1) is 22.8. The predicted molar refractivity (Wildman–Crippen MR) is 194 cm³/mol. The molecule has 1 aliphatic heterocycles. The Bertz CT molecular complexity index is 2500. The van der Waals surface area contributed by atoms with Crippen LogP contribution in [0.5, 0.6) is 0 Å². The maximum Gasteiger partial charge on any atom is 0.159 e. The molecule has 9 rings (SSSR count). The van der Waals surface area contributed by atoms with Crippen molar-refractivity contribution in [2.45, 2.75) is 6.17 Å². The quantitative estimate of drug-likeness (QED) is 0.204. The molecule has 1 unspecified atom stereocenters. The Labute approximate surface area is 267 Å². The van der Waals surface area contributed by atoms with Gasteiger partial charge in [0.2, 0.25) is 0 Å². The highest BCUT2D eigenvalue weighted by Crippen LogP contribution is 2.42. The van der Waals surface area contributed by atoms with Crippen LogP contribution in [-0.2, 0) is 0 Å². The lowest BCUT2D eigenvalue weighted by Crippen LogP contribution is -2.33. The maximum atomic E-state index is 5.08. The second-order valence-corrected chi connectivity index (χ2v) is 11.8. The number of rotatable bonds is 4. The van der Waals surface area contributed by atoms with E-state index in [1.807, 2.05) is 24.3 Å². The van der Waals surface area contributed by atoms with Crippen molar-refractivity contribution in [3.63, 3.8) is 0 Å². The van der Waals surface area contributed by atoms with E-state index in [-0.39, 0.29) is 6.17 Å². The summed E-state index contributed by atoms with van der Waals surface area (Å²) in [4.78, 5) is 10.1. The van der Waals surface area contributed by atoms with Gasteiger partial charge in [-0.15, -0.1) is 0 Å². The summed E-state index contributed by atoms with van der Waals surface area (Å²) in [6, 6.07) is 58.1. The monoisotopic (exact) mass is 587 g/mol. The molecular weight excluding hydrogens is 558 g/mol. The van der Waals surface area contributed by atoms with Crippen molar-refractivity contribution in [3.05, 3.63) is 180 Å². The molecule has 0 radical (unpaired) electrons. The Hall–Kier alpha value is -6.06. The summed E-state index contributed by atoms with van der Waals surface area (Å²) >= 11 is 0. The first-order valence-electron chi connectivity index (χ1n) is 15.7. The largest absolute Gasteiger partial charge is 0.344 e. The molecule has 0 amide bonds. The Kier molecular flexibility index (Phi) is 6.20. The predicted octanol–water partition coefficient (Wildman–Crippen LogP) is 10.5. The number of amidine groups is 2. The molecule has 3 heteroatoms. The van der Waals surface area contributed by atoms with Crippen molar-refractivity contribution in [2.75, 3.05) is 0 Å². The number of nitrogens with one attached hydrogen (secondary N) is 1. The van der Waals surface area contributed by atoms with Crippen LogP contribution >= 0.6 is 0 Å². The summed E-state index contributed by atoms with van der Waals surface area (Å²) in [6.07, 6.45) is -0.242. The van der Waals surface area contributed by atoms with E-state index < -0.39 is 0 Å². The third-order valence-corrected chi connectivity index (χ3v) is 9.09. The van der Waals surface area contributed by atoms with Gasteiger partial charge in [0.25, 0.3) is 0 Å². The Morgan fingerprint density at radius 2 is 0.935 bits per heavy atom. The van der Waals surface area contributed by atoms with Gasteiger partial charge in [0.1, 0.15) is 12.0 Å². The fourth-order valence-electron chi connectivity index (χ4n) is 6.96. The van der Waals surface area contributed by atoms with E-state index in [9.17, 15) is 0 Å². The first kappa shape index (κ1) is 26.4. The van der Waals surface area contributed by atoms with E-state index in [1.54, 1.807) is 0 Å². The Balaban J connectivity index is 1.25. The van der Waals surface area contributed by atoms with Crippen LogP contribution in [0, 0.1) is 0 Å². The van der Waals surface area contributed by atoms with Crippen molar-refractivity contribution in [3.8, 4) is 11.1 Å². The third-order valence-electron chi connectivity index (χ3n) is 9.09. The molecule has 0 spiro atoms. The van der Waals surface area contributed by atoms with Crippen LogP contribution in [0.2, 0.25) is 0 Å². The van der Waals surface area contributed by atoms with Gasteiger partial charge in [-0.3, -0.25) is 0 Å². The van der Waals surface area contributed by atoms with Gasteiger partial charge >= 0.3 is 0 Å². The molecule has 0 aromatic heterocycles. The topological polar surface area (TPSA) is 36.8 Å². The summed E-state index contributed by atoms with van der Waals surface area (Å²) in [5, 5.41) is 13.8. The van der Waals surface area contributed by atoms with Gasteiger partial charge in [-0.1, -0.05) is 152 Å². The molecule has 8 aromatic rings. The molecule has 0 saturated carbocycles. The van der Waals surface area contributed by atoms with Crippen molar-refractivity contribution in [1.82, 2.24) is 5.32 Å². The summed E-state index contributed by atoms with van der Waals surface area (Å²) in [6.45, 7) is 0. The molecule has 46 heavy (non-hydrogen) atoms. The fourth-order valence-corrected chi connectivity index (χ4v) is 6.96. The van der Waals surface area contributed by atoms with E-state index in [2.05, 4.69) is 145 Å². The molecule has 1 N–H and O–H groups in total. The van der Waals surface area contributed by atoms with Crippen LogP contribution < -0.4 is 5.32 Å². The van der Waals surface area contributed by atoms with Gasteiger partial charge in [0.05, 0.1) is 0 Å². The summed E-state index contributed by atoms with van der Waals surface area (Å²) in [5.41, 5.74) is 5.47. The lowest BCUT2D eigenvalue weighted by atomic mass is 9.87. The summed E-state index contributed by atoms with van der Waals surface area (Å²) < 4.78 is 0. The second kappa shape index (κ2) is 10.8. The van der Waals surface area contributed by atoms with Gasteiger partial charge in [0, 0.05) is 11.1 Å². The molecule has 0 fully saturated rings. The zero-order valence-electron chi connectivity index (χ0n) is 25.1. The van der Waals surface area contributed by atoms with Gasteiger partial charge in [-0.25, -0.2) is 9.98 Å². The molecule has 0 saturated heterocycles. The molecule has 8 aromatic carbocycles. The average molecular weight is 588 g/mol. The molecule has 1 heterocycles. The highest BCUT2D eigenvalue weighted by Gasteiger charge is 2.22. The molecule has 216 valence electrons. The van der Waals surface area contributed by atoms with E-state index in [4.69, 9.17) is 9.98 Å². The zero-order chi connectivity index (χ0) is 30.5. The third kappa shape index (κ3) is 4.36. The van der Waals surface area contributed by atoms with Crippen molar-refractivity contribution in [1.29, 1.82) is 0 Å². The van der Waals surface area contributed by atoms with Crippen LogP contribution in [0.1, 0.15) is 22.9 Å². The molecule has 1 aliphatic rings. The number of fused-ring (bicyclic) bond motifs is 8. The number of nitrogens with zero attached hydrogens (tertiary/aromatic N) is 2. The smallest absolute Gasteiger partial charge is 0.159 e. The molecular formula is C43H29N3. The minimum atomic E-state index is -0.242. The first-order valence-corrected chi connectivity index (χ1v) is 15.7. The summed E-state index contributed by atoms with van der Waals surface area (Å²) in [7, 11) is 0. The van der Waals surface area contributed by atoms with E-state index in [0.717, 1.165) is 33.9 Å². The Morgan fingerprint density at radius 3 is 1.65 bits per heavy atom. The van der Waals surface area contributed by atoms with Gasteiger partial charge in [0.15, 0.2) is 5.84 Å². The number of benzene rings is 8. The van der Waals surface area contributed by atoms with Gasteiger partial charge < -0.3 is 5.32 Å². The van der Waals surface area contributed by atoms with Crippen LogP contribution in [0.25, 0.3) is 54.2 Å². The Morgan fingerprint density at radius 1 is 0.413 bits per heavy atom. The van der Waals surface area contributed by atoms with Crippen LogP contribution in [0.4, 0.5) is 0 Å². The van der Waals surface area contributed by atoms with E-state index >= 15 is 0 Å². The van der Waals surface area contributed by atoms with E-state index in [1.165, 1.54) is 48.7 Å². The number of hydrogen-bond donors (Lipinski definition) is 1. The molecule has 0 bridgehead atoms. The van der Waals surface area contributed by atoms with Crippen molar-refractivity contribution in [2.24, 2.45) is 9.98 Å². The molecule has 0 aliphatic carbocycles. The molecule has 1 atom stereocenters. The second-order valence-electron chi connectivity index (χ2n) is 11.8. The highest BCUT2D eigenvalue weighted by molar-refractivity contribution is 6.33. The summed E-state index contributed by atoms with van der Waals surface area (Å²) in [5.74, 6) is 1.54. The van der Waals surface area contributed by atoms with Crippen LogP contribution in [-0.4, -0.2) is 11.7 Å². The SMILES string of the molecule is c1ccc(C2=NC(c3ccccc3)NC(c3cccc(-c4cc5c6ccccc6c6ccccc6c5c5ccccc45)c3)=N2)cc1. The van der Waals surface area contributed by atoms with Crippen molar-refractivity contribution >= 4 is 54.8 Å². The fraction of sp³-hybridized carbons (Fsp3) is 0.0233.